The molecule has 2 aromatic carbocycles. The summed E-state index contributed by atoms with van der Waals surface area (Å²) in [6.45, 7) is -0.260. The second-order valence-corrected chi connectivity index (χ2v) is 6.13. The highest BCUT2D eigenvalue weighted by Gasteiger charge is 2.14. The maximum atomic E-state index is 12.5. The van der Waals surface area contributed by atoms with Crippen LogP contribution in [-0.4, -0.2) is 32.6 Å². The normalized spacial score (nSPS) is 11.1. The Morgan fingerprint density at radius 1 is 1.10 bits per heavy atom. The van der Waals surface area contributed by atoms with Gasteiger partial charge in [-0.25, -0.2) is 4.79 Å². The topological polar surface area (TPSA) is 132 Å². The molecule has 8 nitrogen and oxygen atoms in total. The van der Waals surface area contributed by atoms with E-state index in [1.807, 2.05) is 6.07 Å². The average molecular weight is 389 g/mol. The molecule has 0 spiro atoms. The Morgan fingerprint density at radius 2 is 1.86 bits per heavy atom. The maximum Gasteiger partial charge on any atom is 0.335 e. The van der Waals surface area contributed by atoms with Gasteiger partial charge in [-0.2, -0.15) is 5.26 Å². The number of hydrogen-bond acceptors (Lipinski definition) is 4. The molecular formula is C21H15N3O5. The standard InChI is InChI=1S/C21H15N3O5/c22-10-14(20(27)23-16-5-3-4-13(9-16)21(28)29)8-15-11-24(12-19(25)26)18-7-2-1-6-17(15)18/h1-9,11H,12H2,(H,23,27)(H,25,26)(H,28,29)/b14-8-. The Kier molecular flexibility index (Phi) is 5.42. The molecule has 29 heavy (non-hydrogen) atoms. The molecule has 0 bridgehead atoms. The highest BCUT2D eigenvalue weighted by atomic mass is 16.4. The van der Waals surface area contributed by atoms with E-state index in [4.69, 9.17) is 10.2 Å². The molecule has 0 aliphatic rings. The van der Waals surface area contributed by atoms with Crippen molar-refractivity contribution in [1.29, 1.82) is 5.26 Å². The number of amides is 1. The highest BCUT2D eigenvalue weighted by Crippen LogP contribution is 2.24. The lowest BCUT2D eigenvalue weighted by Gasteiger charge is -2.05. The van der Waals surface area contributed by atoms with Gasteiger partial charge in [0.1, 0.15) is 18.2 Å². The number of hydrogen-bond donors (Lipinski definition) is 3. The van der Waals surface area contributed by atoms with E-state index in [0.29, 0.717) is 16.5 Å². The quantitative estimate of drug-likeness (QED) is 0.438. The molecule has 144 valence electrons. The van der Waals surface area contributed by atoms with Gasteiger partial charge < -0.3 is 20.1 Å². The predicted octanol–water partition coefficient (Wildman–Crippen LogP) is 2.97. The number of aromatic carboxylic acids is 1. The van der Waals surface area contributed by atoms with Crippen LogP contribution in [0, 0.1) is 11.3 Å². The van der Waals surface area contributed by atoms with Crippen LogP contribution in [0.1, 0.15) is 15.9 Å². The van der Waals surface area contributed by atoms with E-state index in [9.17, 15) is 19.6 Å². The summed E-state index contributed by atoms with van der Waals surface area (Å²) in [6, 6.07) is 14.5. The molecule has 0 saturated heterocycles. The van der Waals surface area contributed by atoms with Gasteiger partial charge in [0.15, 0.2) is 0 Å². The minimum atomic E-state index is -1.14. The fourth-order valence-electron chi connectivity index (χ4n) is 2.90. The van der Waals surface area contributed by atoms with Crippen LogP contribution < -0.4 is 5.32 Å². The number of carbonyl (C=O) groups excluding carboxylic acids is 1. The zero-order valence-corrected chi connectivity index (χ0v) is 15.0. The molecule has 0 aliphatic carbocycles. The zero-order chi connectivity index (χ0) is 21.0. The number of benzene rings is 2. The monoisotopic (exact) mass is 389 g/mol. The summed E-state index contributed by atoms with van der Waals surface area (Å²) in [4.78, 5) is 34.6. The molecule has 0 saturated carbocycles. The van der Waals surface area contributed by atoms with E-state index < -0.39 is 17.8 Å². The van der Waals surface area contributed by atoms with Crippen LogP contribution in [0.4, 0.5) is 5.69 Å². The molecule has 3 aromatic rings. The van der Waals surface area contributed by atoms with Crippen molar-refractivity contribution >= 4 is 40.5 Å². The first kappa shape index (κ1) is 19.4. The number of nitriles is 1. The number of aromatic nitrogens is 1. The van der Waals surface area contributed by atoms with E-state index in [1.54, 1.807) is 30.5 Å². The van der Waals surface area contributed by atoms with Crippen molar-refractivity contribution in [3.8, 4) is 6.07 Å². The Morgan fingerprint density at radius 3 is 2.55 bits per heavy atom. The number of carbonyl (C=O) groups is 3. The zero-order valence-electron chi connectivity index (χ0n) is 15.0. The number of carboxylic acids is 2. The Hall–Kier alpha value is -4.38. The molecule has 0 fully saturated rings. The van der Waals surface area contributed by atoms with Crippen molar-refractivity contribution in [1.82, 2.24) is 4.57 Å². The van der Waals surface area contributed by atoms with Crippen LogP contribution in [0.3, 0.4) is 0 Å². The molecule has 1 heterocycles. The number of aliphatic carboxylic acids is 1. The van der Waals surface area contributed by atoms with Crippen LogP contribution in [0.5, 0.6) is 0 Å². The third kappa shape index (κ3) is 4.31. The number of fused-ring (bicyclic) bond motifs is 1. The first-order chi connectivity index (χ1) is 13.9. The Bertz CT molecular complexity index is 1200. The summed E-state index contributed by atoms with van der Waals surface area (Å²) >= 11 is 0. The summed E-state index contributed by atoms with van der Waals surface area (Å²) < 4.78 is 1.52. The van der Waals surface area contributed by atoms with E-state index in [2.05, 4.69) is 5.32 Å². The summed E-state index contributed by atoms with van der Waals surface area (Å²) in [5.74, 6) is -2.86. The Balaban J connectivity index is 1.95. The van der Waals surface area contributed by atoms with Gasteiger partial charge in [-0.1, -0.05) is 24.3 Å². The summed E-state index contributed by atoms with van der Waals surface area (Å²) in [7, 11) is 0. The molecule has 0 unspecified atom stereocenters. The number of rotatable bonds is 6. The summed E-state index contributed by atoms with van der Waals surface area (Å²) in [6.07, 6.45) is 2.94. The van der Waals surface area contributed by atoms with Crippen LogP contribution in [0.2, 0.25) is 0 Å². The molecule has 0 radical (unpaired) electrons. The van der Waals surface area contributed by atoms with Gasteiger partial charge in [-0.05, 0) is 30.3 Å². The number of para-hydroxylation sites is 1. The van der Waals surface area contributed by atoms with Crippen LogP contribution in [-0.2, 0) is 16.1 Å². The third-order valence-electron chi connectivity index (χ3n) is 4.16. The lowest BCUT2D eigenvalue weighted by Crippen LogP contribution is -2.13. The Labute approximate surface area is 164 Å². The van der Waals surface area contributed by atoms with E-state index in [1.165, 1.54) is 34.9 Å². The molecule has 8 heteroatoms. The number of anilines is 1. The largest absolute Gasteiger partial charge is 0.480 e. The molecule has 1 amide bonds. The number of nitrogens with one attached hydrogen (secondary N) is 1. The van der Waals surface area contributed by atoms with Crippen LogP contribution in [0.15, 0.2) is 60.3 Å². The van der Waals surface area contributed by atoms with Crippen molar-refractivity contribution in [2.24, 2.45) is 0 Å². The molecule has 3 rings (SSSR count). The minimum absolute atomic E-state index is 0.00188. The third-order valence-corrected chi connectivity index (χ3v) is 4.16. The van der Waals surface area contributed by atoms with E-state index in [-0.39, 0.29) is 23.4 Å². The van der Waals surface area contributed by atoms with Crippen molar-refractivity contribution in [3.05, 3.63) is 71.4 Å². The lowest BCUT2D eigenvalue weighted by molar-refractivity contribution is -0.137. The van der Waals surface area contributed by atoms with E-state index in [0.717, 1.165) is 0 Å². The van der Waals surface area contributed by atoms with Crippen molar-refractivity contribution in [2.75, 3.05) is 5.32 Å². The molecule has 0 aliphatic heterocycles. The second-order valence-electron chi connectivity index (χ2n) is 6.13. The summed E-state index contributed by atoms with van der Waals surface area (Å²) in [5.41, 5.74) is 1.22. The average Bonchev–Trinajstić information content (AvgIpc) is 3.03. The molecular weight excluding hydrogens is 374 g/mol. The molecule has 0 atom stereocenters. The van der Waals surface area contributed by atoms with E-state index >= 15 is 0 Å². The van der Waals surface area contributed by atoms with Gasteiger partial charge >= 0.3 is 11.9 Å². The van der Waals surface area contributed by atoms with Gasteiger partial charge in [0.2, 0.25) is 0 Å². The molecule has 1 aromatic heterocycles. The van der Waals surface area contributed by atoms with Crippen LogP contribution in [0.25, 0.3) is 17.0 Å². The van der Waals surface area contributed by atoms with Gasteiger partial charge in [0, 0.05) is 28.4 Å². The fraction of sp³-hybridized carbons (Fsp3) is 0.0476. The first-order valence-corrected chi connectivity index (χ1v) is 8.45. The van der Waals surface area contributed by atoms with Gasteiger partial charge in [-0.15, -0.1) is 0 Å². The van der Waals surface area contributed by atoms with Gasteiger partial charge in [0.05, 0.1) is 5.56 Å². The number of carboxylic acid groups (broad SMARTS) is 2. The lowest BCUT2D eigenvalue weighted by atomic mass is 10.1. The highest BCUT2D eigenvalue weighted by molar-refractivity contribution is 6.11. The van der Waals surface area contributed by atoms with Crippen LogP contribution >= 0.6 is 0 Å². The van der Waals surface area contributed by atoms with Crippen molar-refractivity contribution in [2.45, 2.75) is 6.54 Å². The molecule has 3 N–H and O–H groups in total. The first-order valence-electron chi connectivity index (χ1n) is 8.45. The van der Waals surface area contributed by atoms with Crippen molar-refractivity contribution < 1.29 is 24.6 Å². The van der Waals surface area contributed by atoms with Gasteiger partial charge in [0.25, 0.3) is 5.91 Å². The number of nitrogens with zero attached hydrogens (tertiary/aromatic N) is 2. The fourth-order valence-corrected chi connectivity index (χ4v) is 2.90. The van der Waals surface area contributed by atoms with Crippen molar-refractivity contribution in [3.63, 3.8) is 0 Å². The smallest absolute Gasteiger partial charge is 0.335 e. The maximum absolute atomic E-state index is 12.5. The summed E-state index contributed by atoms with van der Waals surface area (Å²) in [5, 5.41) is 30.7. The minimum Gasteiger partial charge on any atom is -0.480 e. The second kappa shape index (κ2) is 8.10. The van der Waals surface area contributed by atoms with Gasteiger partial charge in [-0.3, -0.25) is 9.59 Å². The predicted molar refractivity (Wildman–Crippen MR) is 105 cm³/mol. The SMILES string of the molecule is N#C/C(=C/c1cn(CC(=O)O)c2ccccc12)C(=O)Nc1cccc(C(=O)O)c1.